The Morgan fingerprint density at radius 3 is 2.60 bits per heavy atom. The lowest BCUT2D eigenvalue weighted by Crippen LogP contribution is -2.34. The lowest BCUT2D eigenvalue weighted by molar-refractivity contribution is -0.384. The van der Waals surface area contributed by atoms with E-state index in [1.165, 1.54) is 24.3 Å². The number of nitro groups is 1. The lowest BCUT2D eigenvalue weighted by atomic mass is 10.1. The molecule has 108 valence electrons. The van der Waals surface area contributed by atoms with Crippen LogP contribution < -0.4 is 5.32 Å². The number of hydrogen-bond donors (Lipinski definition) is 1. The van der Waals surface area contributed by atoms with Gasteiger partial charge in [0.15, 0.2) is 0 Å². The van der Waals surface area contributed by atoms with E-state index in [1.807, 2.05) is 20.8 Å². The number of halogens is 1. The molecule has 0 aliphatic heterocycles. The van der Waals surface area contributed by atoms with E-state index in [1.54, 1.807) is 6.07 Å². The molecule has 0 saturated carbocycles. The van der Waals surface area contributed by atoms with Crippen LogP contribution in [0.3, 0.4) is 0 Å². The van der Waals surface area contributed by atoms with Crippen LogP contribution in [0.5, 0.6) is 0 Å². The fraction of sp³-hybridized carbons (Fsp3) is 0.357. The van der Waals surface area contributed by atoms with Gasteiger partial charge in [0.2, 0.25) is 5.91 Å². The first-order valence-electron chi connectivity index (χ1n) is 6.23. The van der Waals surface area contributed by atoms with Gasteiger partial charge in [0.05, 0.1) is 4.92 Å². The van der Waals surface area contributed by atoms with Gasteiger partial charge in [0.1, 0.15) is 5.02 Å². The van der Waals surface area contributed by atoms with E-state index >= 15 is 0 Å². The minimum atomic E-state index is -0.555. The van der Waals surface area contributed by atoms with Crippen molar-refractivity contribution in [2.45, 2.75) is 26.8 Å². The third-order valence-electron chi connectivity index (χ3n) is 2.96. The van der Waals surface area contributed by atoms with Crippen LogP contribution in [0.15, 0.2) is 24.3 Å². The molecule has 0 heterocycles. The fourth-order valence-electron chi connectivity index (χ4n) is 1.38. The van der Waals surface area contributed by atoms with E-state index in [0.717, 1.165) is 0 Å². The maximum absolute atomic E-state index is 11.7. The Kier molecular flexibility index (Phi) is 5.70. The molecule has 1 aromatic rings. The second-order valence-corrected chi connectivity index (χ2v) is 5.25. The Hall–Kier alpha value is -1.88. The number of amides is 1. The molecule has 0 aliphatic carbocycles. The van der Waals surface area contributed by atoms with Gasteiger partial charge in [-0.25, -0.2) is 0 Å². The molecular formula is C14H17ClN2O3. The molecule has 20 heavy (non-hydrogen) atoms. The number of carbonyl (C=O) groups excluding carboxylic acids is 1. The largest absolute Gasteiger partial charge is 0.350 e. The van der Waals surface area contributed by atoms with Crippen LogP contribution in [0.1, 0.15) is 26.3 Å². The zero-order valence-corrected chi connectivity index (χ0v) is 12.3. The van der Waals surface area contributed by atoms with Crippen molar-refractivity contribution in [3.05, 3.63) is 45.0 Å². The van der Waals surface area contributed by atoms with Gasteiger partial charge in [-0.1, -0.05) is 31.5 Å². The number of nitrogens with one attached hydrogen (secondary N) is 1. The molecule has 0 aliphatic rings. The zero-order chi connectivity index (χ0) is 15.3. The molecule has 1 N–H and O–H groups in total. The summed E-state index contributed by atoms with van der Waals surface area (Å²) in [6.45, 7) is 5.94. The molecule has 0 fully saturated rings. The van der Waals surface area contributed by atoms with Crippen molar-refractivity contribution in [3.63, 3.8) is 0 Å². The summed E-state index contributed by atoms with van der Waals surface area (Å²) in [6, 6.07) is 4.45. The molecule has 5 nitrogen and oxygen atoms in total. The van der Waals surface area contributed by atoms with Crippen molar-refractivity contribution >= 4 is 29.3 Å². The first kappa shape index (κ1) is 16.2. The summed E-state index contributed by atoms with van der Waals surface area (Å²) in [5, 5.41) is 13.6. The highest BCUT2D eigenvalue weighted by Gasteiger charge is 2.12. The summed E-state index contributed by atoms with van der Waals surface area (Å²) in [7, 11) is 0. The van der Waals surface area contributed by atoms with E-state index < -0.39 is 4.92 Å². The van der Waals surface area contributed by atoms with Crippen LogP contribution in [0, 0.1) is 16.0 Å². The van der Waals surface area contributed by atoms with Crippen molar-refractivity contribution in [3.8, 4) is 0 Å². The van der Waals surface area contributed by atoms with Crippen molar-refractivity contribution in [2.24, 2.45) is 5.92 Å². The van der Waals surface area contributed by atoms with Gasteiger partial charge in [0, 0.05) is 18.2 Å². The number of nitrogens with zero attached hydrogens (tertiary/aromatic N) is 1. The Bertz CT molecular complexity index is 541. The third-order valence-corrected chi connectivity index (χ3v) is 3.28. The normalized spacial score (nSPS) is 12.7. The SMILES string of the molecule is CC(C)C(C)NC(=O)/C=C/c1ccc(Cl)c([N+](=O)[O-])c1. The summed E-state index contributed by atoms with van der Waals surface area (Å²) in [5.41, 5.74) is 0.373. The lowest BCUT2D eigenvalue weighted by Gasteiger charge is -2.15. The molecule has 0 aromatic heterocycles. The quantitative estimate of drug-likeness (QED) is 0.514. The van der Waals surface area contributed by atoms with E-state index in [-0.39, 0.29) is 22.7 Å². The molecule has 0 bridgehead atoms. The summed E-state index contributed by atoms with van der Waals surface area (Å²) in [4.78, 5) is 21.9. The number of nitro benzene ring substituents is 1. The molecule has 1 aromatic carbocycles. The van der Waals surface area contributed by atoms with Gasteiger partial charge < -0.3 is 5.32 Å². The van der Waals surface area contributed by atoms with Crippen molar-refractivity contribution in [1.29, 1.82) is 0 Å². The smallest absolute Gasteiger partial charge is 0.288 e. The average molecular weight is 297 g/mol. The van der Waals surface area contributed by atoms with Crippen molar-refractivity contribution in [2.75, 3.05) is 0 Å². The Morgan fingerprint density at radius 1 is 1.40 bits per heavy atom. The highest BCUT2D eigenvalue weighted by atomic mass is 35.5. The fourth-order valence-corrected chi connectivity index (χ4v) is 1.57. The van der Waals surface area contributed by atoms with Crippen LogP contribution in [0.25, 0.3) is 6.08 Å². The molecule has 1 unspecified atom stereocenters. The average Bonchev–Trinajstić information content (AvgIpc) is 2.37. The first-order chi connectivity index (χ1) is 9.31. The third kappa shape index (κ3) is 4.66. The van der Waals surface area contributed by atoms with E-state index in [2.05, 4.69) is 5.32 Å². The van der Waals surface area contributed by atoms with Crippen LogP contribution in [0.4, 0.5) is 5.69 Å². The van der Waals surface area contributed by atoms with Crippen LogP contribution in [-0.2, 0) is 4.79 Å². The van der Waals surface area contributed by atoms with Gasteiger partial charge >= 0.3 is 0 Å². The van der Waals surface area contributed by atoms with Gasteiger partial charge in [-0.3, -0.25) is 14.9 Å². The maximum Gasteiger partial charge on any atom is 0.288 e. The Morgan fingerprint density at radius 2 is 2.05 bits per heavy atom. The number of hydrogen-bond acceptors (Lipinski definition) is 3. The first-order valence-corrected chi connectivity index (χ1v) is 6.61. The molecule has 1 rings (SSSR count). The number of benzene rings is 1. The van der Waals surface area contributed by atoms with E-state index in [0.29, 0.717) is 11.5 Å². The van der Waals surface area contributed by atoms with Crippen molar-refractivity contribution in [1.82, 2.24) is 5.32 Å². The number of carbonyl (C=O) groups is 1. The zero-order valence-electron chi connectivity index (χ0n) is 11.6. The predicted molar refractivity (Wildman–Crippen MR) is 79.6 cm³/mol. The molecule has 0 saturated heterocycles. The van der Waals surface area contributed by atoms with Crippen molar-refractivity contribution < 1.29 is 9.72 Å². The monoisotopic (exact) mass is 296 g/mol. The second-order valence-electron chi connectivity index (χ2n) is 4.84. The second kappa shape index (κ2) is 7.05. The molecule has 0 spiro atoms. The minimum absolute atomic E-state index is 0.0618. The number of rotatable bonds is 5. The summed E-state index contributed by atoms with van der Waals surface area (Å²) >= 11 is 5.71. The standard InChI is InChI=1S/C14H17ClN2O3/c1-9(2)10(3)16-14(18)7-5-11-4-6-12(15)13(8-11)17(19)20/h4-10H,1-3H3,(H,16,18)/b7-5+. The Labute approximate surface area is 122 Å². The molecular weight excluding hydrogens is 280 g/mol. The Balaban J connectivity index is 2.78. The molecule has 6 heteroatoms. The summed E-state index contributed by atoms with van der Waals surface area (Å²) in [5.74, 6) is 0.104. The van der Waals surface area contributed by atoms with Crippen LogP contribution in [-0.4, -0.2) is 16.9 Å². The maximum atomic E-state index is 11.7. The topological polar surface area (TPSA) is 72.2 Å². The van der Waals surface area contributed by atoms with Gasteiger partial charge in [-0.05, 0) is 30.5 Å². The molecule has 1 atom stereocenters. The summed E-state index contributed by atoms with van der Waals surface area (Å²) < 4.78 is 0. The van der Waals surface area contributed by atoms with Crippen LogP contribution in [0.2, 0.25) is 5.02 Å². The minimum Gasteiger partial charge on any atom is -0.350 e. The van der Waals surface area contributed by atoms with Gasteiger partial charge in [-0.2, -0.15) is 0 Å². The van der Waals surface area contributed by atoms with Gasteiger partial charge in [-0.15, -0.1) is 0 Å². The van der Waals surface area contributed by atoms with E-state index in [4.69, 9.17) is 11.6 Å². The highest BCUT2D eigenvalue weighted by Crippen LogP contribution is 2.25. The van der Waals surface area contributed by atoms with Gasteiger partial charge in [0.25, 0.3) is 5.69 Å². The summed E-state index contributed by atoms with van der Waals surface area (Å²) in [6.07, 6.45) is 2.87. The van der Waals surface area contributed by atoms with E-state index in [9.17, 15) is 14.9 Å². The molecule has 0 radical (unpaired) electrons. The molecule has 1 amide bonds. The van der Waals surface area contributed by atoms with Crippen LogP contribution >= 0.6 is 11.6 Å². The predicted octanol–water partition coefficient (Wildman–Crippen LogP) is 3.42. The highest BCUT2D eigenvalue weighted by molar-refractivity contribution is 6.32.